The number of carbonyl (C=O) groups is 1. The molecule has 31 heavy (non-hydrogen) atoms. The summed E-state index contributed by atoms with van der Waals surface area (Å²) in [6.07, 6.45) is 2.36. The zero-order chi connectivity index (χ0) is 22.1. The molecule has 0 fully saturated rings. The van der Waals surface area contributed by atoms with Crippen LogP contribution in [-0.2, 0) is 11.2 Å². The van der Waals surface area contributed by atoms with Crippen molar-refractivity contribution in [3.8, 4) is 11.5 Å². The van der Waals surface area contributed by atoms with Gasteiger partial charge in [0.25, 0.3) is 0 Å². The molecule has 3 rings (SSSR count). The van der Waals surface area contributed by atoms with Gasteiger partial charge in [0, 0.05) is 12.0 Å². The van der Waals surface area contributed by atoms with Gasteiger partial charge in [0.15, 0.2) is 0 Å². The van der Waals surface area contributed by atoms with Crippen LogP contribution >= 0.6 is 11.3 Å². The molecule has 0 atom stereocenters. The Kier molecular flexibility index (Phi) is 7.94. The molecular formula is C22H25N5O3S. The van der Waals surface area contributed by atoms with E-state index < -0.39 is 0 Å². The van der Waals surface area contributed by atoms with E-state index in [-0.39, 0.29) is 12.3 Å². The Morgan fingerprint density at radius 1 is 1.13 bits per heavy atom. The number of nitrogens with one attached hydrogen (secondary N) is 1. The van der Waals surface area contributed by atoms with Crippen LogP contribution in [0.5, 0.6) is 11.5 Å². The van der Waals surface area contributed by atoms with Crippen LogP contribution in [0.3, 0.4) is 0 Å². The number of amides is 1. The number of nitrogens with zero attached hydrogens (tertiary/aromatic N) is 3. The highest BCUT2D eigenvalue weighted by Gasteiger charge is 2.07. The smallest absolute Gasteiger partial charge is 0.247 e. The van der Waals surface area contributed by atoms with Gasteiger partial charge in [-0.1, -0.05) is 41.2 Å². The standard InChI is InChI=1S/C22H25N5O3S/c1-15-8-9-18(16(2)12-15)29-10-5-11-30-19-7-4-3-6-17(19)14-24-25-20(28)13-21-26-27-22(23)31-21/h3-4,6-9,12,14H,5,10-11,13H2,1-2H3,(H2,23,27)(H,25,28). The van der Waals surface area contributed by atoms with Crippen LogP contribution in [-0.4, -0.2) is 35.5 Å². The first-order valence-electron chi connectivity index (χ1n) is 9.83. The van der Waals surface area contributed by atoms with Gasteiger partial charge in [-0.15, -0.1) is 10.2 Å². The minimum atomic E-state index is -0.297. The number of aromatic nitrogens is 2. The first kappa shape index (κ1) is 22.2. The molecule has 0 unspecified atom stereocenters. The Balaban J connectivity index is 1.44. The number of rotatable bonds is 10. The first-order valence-corrected chi connectivity index (χ1v) is 10.6. The molecule has 0 radical (unpaired) electrons. The van der Waals surface area contributed by atoms with E-state index in [9.17, 15) is 4.79 Å². The second-order valence-corrected chi connectivity index (χ2v) is 7.95. The fourth-order valence-electron chi connectivity index (χ4n) is 2.79. The summed E-state index contributed by atoms with van der Waals surface area (Å²) >= 11 is 1.17. The van der Waals surface area contributed by atoms with Crippen molar-refractivity contribution >= 4 is 28.6 Å². The molecule has 0 saturated heterocycles. The highest BCUT2D eigenvalue weighted by molar-refractivity contribution is 7.15. The molecule has 1 amide bonds. The number of para-hydroxylation sites is 1. The van der Waals surface area contributed by atoms with Crippen LogP contribution in [0.25, 0.3) is 0 Å². The number of hydrazone groups is 1. The highest BCUT2D eigenvalue weighted by atomic mass is 32.1. The molecule has 0 bridgehead atoms. The summed E-state index contributed by atoms with van der Waals surface area (Å²) in [7, 11) is 0. The van der Waals surface area contributed by atoms with Gasteiger partial charge in [0.1, 0.15) is 16.5 Å². The molecule has 9 heteroatoms. The van der Waals surface area contributed by atoms with Gasteiger partial charge in [-0.3, -0.25) is 4.79 Å². The van der Waals surface area contributed by atoms with Crippen molar-refractivity contribution in [2.24, 2.45) is 5.10 Å². The van der Waals surface area contributed by atoms with Crippen molar-refractivity contribution in [2.45, 2.75) is 26.7 Å². The van der Waals surface area contributed by atoms with E-state index in [0.29, 0.717) is 29.1 Å². The molecule has 8 nitrogen and oxygen atoms in total. The predicted octanol–water partition coefficient (Wildman–Crippen LogP) is 3.28. The summed E-state index contributed by atoms with van der Waals surface area (Å²) in [4.78, 5) is 11.9. The number of anilines is 1. The third-order valence-corrected chi connectivity index (χ3v) is 4.99. The molecule has 3 N–H and O–H groups in total. The summed E-state index contributed by atoms with van der Waals surface area (Å²) < 4.78 is 11.7. The van der Waals surface area contributed by atoms with Crippen molar-refractivity contribution in [1.29, 1.82) is 0 Å². The van der Waals surface area contributed by atoms with Crippen molar-refractivity contribution in [1.82, 2.24) is 15.6 Å². The number of carbonyl (C=O) groups excluding carboxylic acids is 1. The number of nitrogens with two attached hydrogens (primary N) is 1. The molecule has 0 aliphatic carbocycles. The van der Waals surface area contributed by atoms with Crippen LogP contribution in [0.1, 0.15) is 28.1 Å². The van der Waals surface area contributed by atoms with Gasteiger partial charge >= 0.3 is 0 Å². The lowest BCUT2D eigenvalue weighted by atomic mass is 10.1. The maximum Gasteiger partial charge on any atom is 0.247 e. The van der Waals surface area contributed by atoms with Crippen molar-refractivity contribution in [3.63, 3.8) is 0 Å². The van der Waals surface area contributed by atoms with E-state index in [1.165, 1.54) is 16.9 Å². The number of ether oxygens (including phenoxy) is 2. The van der Waals surface area contributed by atoms with E-state index in [1.54, 1.807) is 6.21 Å². The third kappa shape index (κ3) is 7.07. The number of nitrogen functional groups attached to an aromatic ring is 1. The lowest BCUT2D eigenvalue weighted by Gasteiger charge is -2.11. The predicted molar refractivity (Wildman–Crippen MR) is 122 cm³/mol. The maximum absolute atomic E-state index is 11.9. The van der Waals surface area contributed by atoms with Gasteiger partial charge in [-0.05, 0) is 37.6 Å². The summed E-state index contributed by atoms with van der Waals surface area (Å²) in [6.45, 7) is 5.16. The SMILES string of the molecule is Cc1ccc(OCCCOc2ccccc2C=NNC(=O)Cc2nnc(N)s2)c(C)c1. The summed E-state index contributed by atoms with van der Waals surface area (Å²) in [5.74, 6) is 1.28. The zero-order valence-electron chi connectivity index (χ0n) is 17.5. The highest BCUT2D eigenvalue weighted by Crippen LogP contribution is 2.19. The van der Waals surface area contributed by atoms with Crippen LogP contribution < -0.4 is 20.6 Å². The van der Waals surface area contributed by atoms with E-state index >= 15 is 0 Å². The lowest BCUT2D eigenvalue weighted by Crippen LogP contribution is -2.19. The van der Waals surface area contributed by atoms with E-state index in [1.807, 2.05) is 43.3 Å². The number of hydrogen-bond donors (Lipinski definition) is 2. The van der Waals surface area contributed by atoms with E-state index in [4.69, 9.17) is 15.2 Å². The number of hydrogen-bond acceptors (Lipinski definition) is 8. The zero-order valence-corrected chi connectivity index (χ0v) is 18.3. The summed E-state index contributed by atoms with van der Waals surface area (Å²) in [5.41, 5.74) is 11.1. The average Bonchev–Trinajstić information content (AvgIpc) is 3.14. The van der Waals surface area contributed by atoms with Crippen LogP contribution in [0, 0.1) is 13.8 Å². The molecule has 1 heterocycles. The molecule has 0 saturated carbocycles. The maximum atomic E-state index is 11.9. The first-order chi connectivity index (χ1) is 15.0. The largest absolute Gasteiger partial charge is 0.493 e. The summed E-state index contributed by atoms with van der Waals surface area (Å²) in [5, 5.41) is 12.4. The van der Waals surface area contributed by atoms with Gasteiger partial charge in [0.05, 0.1) is 25.8 Å². The Labute approximate surface area is 185 Å². The van der Waals surface area contributed by atoms with E-state index in [2.05, 4.69) is 33.7 Å². The van der Waals surface area contributed by atoms with Gasteiger partial charge in [-0.2, -0.15) is 5.10 Å². The fourth-order valence-corrected chi connectivity index (χ4v) is 3.40. The number of aryl methyl sites for hydroxylation is 2. The fraction of sp³-hybridized carbons (Fsp3) is 0.273. The van der Waals surface area contributed by atoms with Gasteiger partial charge in [0.2, 0.25) is 11.0 Å². The lowest BCUT2D eigenvalue weighted by molar-refractivity contribution is -0.120. The molecule has 1 aromatic heterocycles. The average molecular weight is 440 g/mol. The molecule has 0 aliphatic heterocycles. The third-order valence-electron chi connectivity index (χ3n) is 4.24. The Morgan fingerprint density at radius 2 is 1.90 bits per heavy atom. The monoisotopic (exact) mass is 439 g/mol. The van der Waals surface area contributed by atoms with Crippen LogP contribution in [0.15, 0.2) is 47.6 Å². The Morgan fingerprint density at radius 3 is 2.65 bits per heavy atom. The topological polar surface area (TPSA) is 112 Å². The number of benzene rings is 2. The van der Waals surface area contributed by atoms with Gasteiger partial charge in [-0.25, -0.2) is 5.43 Å². The second kappa shape index (κ2) is 11.1. The molecule has 3 aromatic rings. The molecule has 2 aromatic carbocycles. The van der Waals surface area contributed by atoms with E-state index in [0.717, 1.165) is 23.3 Å². The molecule has 0 aliphatic rings. The van der Waals surface area contributed by atoms with Gasteiger partial charge < -0.3 is 15.2 Å². The van der Waals surface area contributed by atoms with Crippen LogP contribution in [0.4, 0.5) is 5.13 Å². The van der Waals surface area contributed by atoms with Crippen LogP contribution in [0.2, 0.25) is 0 Å². The molecule has 162 valence electrons. The Bertz CT molecular complexity index is 1050. The second-order valence-electron chi connectivity index (χ2n) is 6.86. The van der Waals surface area contributed by atoms with Crippen molar-refractivity contribution < 1.29 is 14.3 Å². The normalized spacial score (nSPS) is 10.9. The molecule has 0 spiro atoms. The van der Waals surface area contributed by atoms with Crippen molar-refractivity contribution in [2.75, 3.05) is 18.9 Å². The van der Waals surface area contributed by atoms with Crippen molar-refractivity contribution in [3.05, 3.63) is 64.2 Å². The minimum Gasteiger partial charge on any atom is -0.493 e. The minimum absolute atomic E-state index is 0.0742. The Hall–Kier alpha value is -3.46. The summed E-state index contributed by atoms with van der Waals surface area (Å²) in [6, 6.07) is 13.6. The molecular weight excluding hydrogens is 414 g/mol. The quantitative estimate of drug-likeness (QED) is 0.285.